The van der Waals surface area contributed by atoms with Gasteiger partial charge in [-0.1, -0.05) is 70.6 Å². The van der Waals surface area contributed by atoms with E-state index >= 15 is 0 Å². The van der Waals surface area contributed by atoms with Crippen molar-refractivity contribution in [2.45, 2.75) is 95.9 Å². The first-order valence-corrected chi connectivity index (χ1v) is 7.50. The molecule has 0 aliphatic heterocycles. The highest BCUT2D eigenvalue weighted by Crippen LogP contribution is 2.21. The Balaban J connectivity index is 2.22. The molecule has 0 radical (unpaired) electrons. The highest BCUT2D eigenvalue weighted by molar-refractivity contribution is 4.78. The Hall–Kier alpha value is -0.0400. The van der Waals surface area contributed by atoms with Gasteiger partial charge in [0.2, 0.25) is 0 Å². The van der Waals surface area contributed by atoms with Crippen molar-refractivity contribution in [1.82, 2.24) is 0 Å². The van der Waals surface area contributed by atoms with E-state index in [-0.39, 0.29) is 5.54 Å². The van der Waals surface area contributed by atoms with Crippen LogP contribution in [0, 0.1) is 0 Å². The summed E-state index contributed by atoms with van der Waals surface area (Å²) in [4.78, 5) is 0. The Morgan fingerprint density at radius 2 is 0.812 bits per heavy atom. The van der Waals surface area contributed by atoms with Crippen LogP contribution in [-0.2, 0) is 0 Å². The lowest BCUT2D eigenvalue weighted by atomic mass is 9.89. The van der Waals surface area contributed by atoms with Crippen molar-refractivity contribution in [3.05, 3.63) is 0 Å². The van der Waals surface area contributed by atoms with Gasteiger partial charge in [-0.3, -0.25) is 0 Å². The first-order valence-electron chi connectivity index (χ1n) is 7.50. The maximum absolute atomic E-state index is 6.33. The fraction of sp³-hybridized carbons (Fsp3) is 1.00. The zero-order valence-electron chi connectivity index (χ0n) is 11.3. The average molecular weight is 225 g/mol. The molecule has 0 saturated heterocycles. The van der Waals surface area contributed by atoms with E-state index in [0.717, 1.165) is 0 Å². The predicted octanol–water partition coefficient (Wildman–Crippen LogP) is 4.79. The fourth-order valence-corrected chi connectivity index (χ4v) is 2.77. The molecule has 0 spiro atoms. The van der Waals surface area contributed by atoms with Gasteiger partial charge in [0, 0.05) is 5.54 Å². The predicted molar refractivity (Wildman–Crippen MR) is 72.6 cm³/mol. The molecule has 0 heterocycles. The molecule has 96 valence electrons. The first kappa shape index (κ1) is 14.0. The van der Waals surface area contributed by atoms with Gasteiger partial charge in [0.25, 0.3) is 0 Å². The van der Waals surface area contributed by atoms with Gasteiger partial charge < -0.3 is 5.73 Å². The van der Waals surface area contributed by atoms with Gasteiger partial charge in [0.1, 0.15) is 0 Å². The third-order valence-corrected chi connectivity index (χ3v) is 4.00. The Bertz CT molecular complexity index is 147. The highest BCUT2D eigenvalue weighted by Gasteiger charge is 2.16. The molecule has 0 aromatic carbocycles. The number of hydrogen-bond acceptors (Lipinski definition) is 1. The molecule has 1 nitrogen and oxygen atoms in total. The third-order valence-electron chi connectivity index (χ3n) is 4.00. The van der Waals surface area contributed by atoms with Gasteiger partial charge >= 0.3 is 0 Å². The lowest BCUT2D eigenvalue weighted by Gasteiger charge is -2.24. The van der Waals surface area contributed by atoms with E-state index in [9.17, 15) is 0 Å². The molecule has 0 aromatic rings. The standard InChI is InChI=1S/C15H31N/c1-15(16)13-11-9-7-5-3-2-4-6-8-10-12-14-15/h2-14,16H2,1H3. The summed E-state index contributed by atoms with van der Waals surface area (Å²) in [7, 11) is 0. The molecule has 0 bridgehead atoms. The SMILES string of the molecule is CC1(N)CCCCCCCCCCCCC1. The van der Waals surface area contributed by atoms with Crippen LogP contribution in [0.15, 0.2) is 0 Å². The number of nitrogens with two attached hydrogens (primary N) is 1. The van der Waals surface area contributed by atoms with Crippen LogP contribution in [0.3, 0.4) is 0 Å². The van der Waals surface area contributed by atoms with Crippen LogP contribution in [-0.4, -0.2) is 5.54 Å². The fourth-order valence-electron chi connectivity index (χ4n) is 2.77. The van der Waals surface area contributed by atoms with Crippen molar-refractivity contribution in [2.75, 3.05) is 0 Å². The Morgan fingerprint density at radius 1 is 0.562 bits per heavy atom. The summed E-state index contributed by atoms with van der Waals surface area (Å²) in [6.45, 7) is 2.25. The van der Waals surface area contributed by atoms with E-state index in [2.05, 4.69) is 6.92 Å². The maximum atomic E-state index is 6.33. The van der Waals surface area contributed by atoms with Gasteiger partial charge in [-0.15, -0.1) is 0 Å². The monoisotopic (exact) mass is 225 g/mol. The average Bonchev–Trinajstić information content (AvgIpc) is 2.24. The second-order valence-corrected chi connectivity index (χ2v) is 6.04. The van der Waals surface area contributed by atoms with E-state index in [1.54, 1.807) is 0 Å². The lowest BCUT2D eigenvalue weighted by molar-refractivity contribution is 0.361. The second kappa shape index (κ2) is 8.11. The number of hydrogen-bond donors (Lipinski definition) is 1. The molecule has 1 aliphatic carbocycles. The first-order chi connectivity index (χ1) is 7.71. The summed E-state index contributed by atoms with van der Waals surface area (Å²) in [6.07, 6.45) is 18.1. The molecule has 0 atom stereocenters. The lowest BCUT2D eigenvalue weighted by Crippen LogP contribution is -2.35. The zero-order valence-corrected chi connectivity index (χ0v) is 11.3. The minimum Gasteiger partial charge on any atom is -0.325 e. The smallest absolute Gasteiger partial charge is 0.0125 e. The van der Waals surface area contributed by atoms with Crippen molar-refractivity contribution in [3.63, 3.8) is 0 Å². The summed E-state index contributed by atoms with van der Waals surface area (Å²) in [6, 6.07) is 0. The van der Waals surface area contributed by atoms with Crippen LogP contribution >= 0.6 is 0 Å². The summed E-state index contributed by atoms with van der Waals surface area (Å²) in [5, 5.41) is 0. The van der Waals surface area contributed by atoms with Crippen molar-refractivity contribution in [1.29, 1.82) is 0 Å². The van der Waals surface area contributed by atoms with Crippen LogP contribution in [0.4, 0.5) is 0 Å². The summed E-state index contributed by atoms with van der Waals surface area (Å²) < 4.78 is 0. The normalized spacial score (nSPS) is 25.9. The van der Waals surface area contributed by atoms with Crippen molar-refractivity contribution in [2.24, 2.45) is 5.73 Å². The van der Waals surface area contributed by atoms with Gasteiger partial charge in [-0.2, -0.15) is 0 Å². The second-order valence-electron chi connectivity index (χ2n) is 6.04. The van der Waals surface area contributed by atoms with E-state index in [4.69, 9.17) is 5.73 Å². The summed E-state index contributed by atoms with van der Waals surface area (Å²) >= 11 is 0. The minimum absolute atomic E-state index is 0.115. The van der Waals surface area contributed by atoms with E-state index in [1.165, 1.54) is 83.5 Å². The molecule has 1 saturated carbocycles. The molecule has 2 N–H and O–H groups in total. The van der Waals surface area contributed by atoms with E-state index in [0.29, 0.717) is 0 Å². The minimum atomic E-state index is 0.115. The Morgan fingerprint density at radius 3 is 1.12 bits per heavy atom. The molecule has 1 rings (SSSR count). The van der Waals surface area contributed by atoms with Gasteiger partial charge in [0.15, 0.2) is 0 Å². The van der Waals surface area contributed by atoms with Crippen LogP contribution < -0.4 is 5.73 Å². The van der Waals surface area contributed by atoms with Gasteiger partial charge in [-0.05, 0) is 19.8 Å². The Kier molecular flexibility index (Phi) is 7.11. The van der Waals surface area contributed by atoms with Crippen molar-refractivity contribution < 1.29 is 0 Å². The molecule has 1 heteroatoms. The van der Waals surface area contributed by atoms with Crippen LogP contribution in [0.5, 0.6) is 0 Å². The molecule has 1 aliphatic rings. The highest BCUT2D eigenvalue weighted by atomic mass is 14.7. The van der Waals surface area contributed by atoms with Crippen LogP contribution in [0.2, 0.25) is 0 Å². The van der Waals surface area contributed by atoms with Gasteiger partial charge in [0.05, 0.1) is 0 Å². The molecular formula is C15H31N. The molecular weight excluding hydrogens is 194 g/mol. The molecule has 0 amide bonds. The molecule has 0 aromatic heterocycles. The molecule has 0 unspecified atom stereocenters. The largest absolute Gasteiger partial charge is 0.325 e. The molecule has 1 fully saturated rings. The summed E-state index contributed by atoms with van der Waals surface area (Å²) in [5.41, 5.74) is 6.44. The maximum Gasteiger partial charge on any atom is 0.0125 e. The zero-order chi connectivity index (χ0) is 11.7. The van der Waals surface area contributed by atoms with Gasteiger partial charge in [-0.25, -0.2) is 0 Å². The van der Waals surface area contributed by atoms with E-state index < -0.39 is 0 Å². The van der Waals surface area contributed by atoms with Crippen LogP contribution in [0.1, 0.15) is 90.4 Å². The Labute approximate surface area is 102 Å². The third kappa shape index (κ3) is 7.27. The van der Waals surface area contributed by atoms with E-state index in [1.807, 2.05) is 0 Å². The van der Waals surface area contributed by atoms with Crippen LogP contribution in [0.25, 0.3) is 0 Å². The van der Waals surface area contributed by atoms with Crippen molar-refractivity contribution >= 4 is 0 Å². The number of rotatable bonds is 0. The topological polar surface area (TPSA) is 26.0 Å². The van der Waals surface area contributed by atoms with Crippen molar-refractivity contribution in [3.8, 4) is 0 Å². The quantitative estimate of drug-likeness (QED) is 0.630. The summed E-state index contributed by atoms with van der Waals surface area (Å²) in [5.74, 6) is 0. The molecule has 16 heavy (non-hydrogen) atoms.